The third kappa shape index (κ3) is 7.62. The highest BCUT2D eigenvalue weighted by Gasteiger charge is 2.41. The molecule has 4 rings (SSSR count). The van der Waals surface area contributed by atoms with Crippen molar-refractivity contribution in [1.29, 1.82) is 0 Å². The number of halogens is 2. The van der Waals surface area contributed by atoms with Crippen LogP contribution in [0.15, 0.2) is 78.9 Å². The van der Waals surface area contributed by atoms with Crippen LogP contribution in [0.1, 0.15) is 36.1 Å². The molecule has 0 aromatic heterocycles. The molecule has 1 N–H and O–H groups in total. The van der Waals surface area contributed by atoms with Gasteiger partial charge in [0.15, 0.2) is 0 Å². The van der Waals surface area contributed by atoms with Crippen LogP contribution in [0.5, 0.6) is 0 Å². The zero-order valence-corrected chi connectivity index (χ0v) is 24.9. The number of hydrogen-bond donors (Lipinski definition) is 1. The predicted molar refractivity (Wildman–Crippen MR) is 164 cm³/mol. The van der Waals surface area contributed by atoms with Crippen molar-refractivity contribution in [3.63, 3.8) is 0 Å². The van der Waals surface area contributed by atoms with E-state index in [4.69, 9.17) is 29.6 Å². The first-order valence-corrected chi connectivity index (χ1v) is 14.4. The minimum absolute atomic E-state index is 0.0549. The summed E-state index contributed by atoms with van der Waals surface area (Å²) in [5, 5.41) is 6.77. The van der Waals surface area contributed by atoms with Crippen LogP contribution in [0.4, 0.5) is 4.79 Å². The number of rotatable bonds is 10. The Bertz CT molecular complexity index is 1430. The van der Waals surface area contributed by atoms with Crippen LogP contribution in [-0.4, -0.2) is 64.0 Å². The van der Waals surface area contributed by atoms with Gasteiger partial charge in [0.05, 0.1) is 13.1 Å². The standard InChI is InChI=1S/C32H33Cl2N5O3/c1-3-17-36(21-26-15-16-27(33)19-28(26)34)31(41)30(25-13-9-6-10-14-25)38-23-39(37(18-4-2)22-29(38)40)32(42)35-20-24-11-7-5-8-12-24/h2,5-16,19,30H,3,17-18,20-23H2,1H3,(H,35,42)/t30-/m0/s1. The Kier molecular flexibility index (Phi) is 10.8. The first-order chi connectivity index (χ1) is 20.3. The smallest absolute Gasteiger partial charge is 0.333 e. The molecule has 1 saturated heterocycles. The summed E-state index contributed by atoms with van der Waals surface area (Å²) in [4.78, 5) is 44.5. The maximum absolute atomic E-state index is 14.4. The summed E-state index contributed by atoms with van der Waals surface area (Å²) in [6.45, 7) is 2.68. The normalized spacial score (nSPS) is 14.3. The molecule has 10 heteroatoms. The summed E-state index contributed by atoms with van der Waals surface area (Å²) in [5.74, 6) is 1.92. The van der Waals surface area contributed by atoms with Gasteiger partial charge >= 0.3 is 6.03 Å². The summed E-state index contributed by atoms with van der Waals surface area (Å²) < 4.78 is 0. The lowest BCUT2D eigenvalue weighted by molar-refractivity contribution is -0.163. The van der Waals surface area contributed by atoms with Crippen LogP contribution >= 0.6 is 23.2 Å². The first kappa shape index (κ1) is 30.9. The molecule has 218 valence electrons. The van der Waals surface area contributed by atoms with E-state index in [0.717, 1.165) is 11.1 Å². The van der Waals surface area contributed by atoms with Crippen molar-refractivity contribution in [3.8, 4) is 12.3 Å². The number of amides is 4. The molecule has 3 aromatic rings. The summed E-state index contributed by atoms with van der Waals surface area (Å²) in [7, 11) is 0. The Morgan fingerprint density at radius 3 is 2.38 bits per heavy atom. The third-order valence-electron chi connectivity index (χ3n) is 6.90. The molecule has 1 aliphatic heterocycles. The molecule has 0 saturated carbocycles. The molecule has 3 aromatic carbocycles. The SMILES string of the molecule is C#CCN1CC(=O)N([C@H](C(=O)N(CCC)Cc2ccc(Cl)cc2Cl)c2ccccc2)CN1C(=O)NCc1ccccc1. The summed E-state index contributed by atoms with van der Waals surface area (Å²) >= 11 is 12.6. The van der Waals surface area contributed by atoms with Crippen LogP contribution < -0.4 is 5.32 Å². The van der Waals surface area contributed by atoms with Gasteiger partial charge in [-0.1, -0.05) is 103 Å². The minimum atomic E-state index is -0.978. The predicted octanol–water partition coefficient (Wildman–Crippen LogP) is 5.34. The monoisotopic (exact) mass is 605 g/mol. The second-order valence-corrected chi connectivity index (χ2v) is 10.7. The molecule has 0 aliphatic carbocycles. The first-order valence-electron chi connectivity index (χ1n) is 13.7. The van der Waals surface area contributed by atoms with E-state index in [9.17, 15) is 14.4 Å². The van der Waals surface area contributed by atoms with Gasteiger partial charge in [-0.15, -0.1) is 6.42 Å². The summed E-state index contributed by atoms with van der Waals surface area (Å²) in [5.41, 5.74) is 2.30. The topological polar surface area (TPSA) is 76.2 Å². The van der Waals surface area contributed by atoms with E-state index < -0.39 is 12.1 Å². The van der Waals surface area contributed by atoms with E-state index in [1.165, 1.54) is 14.9 Å². The summed E-state index contributed by atoms with van der Waals surface area (Å²) in [6.07, 6.45) is 6.27. The number of nitrogens with zero attached hydrogens (tertiary/aromatic N) is 4. The quantitative estimate of drug-likeness (QED) is 0.317. The van der Waals surface area contributed by atoms with Crippen molar-refractivity contribution in [2.24, 2.45) is 0 Å². The highest BCUT2D eigenvalue weighted by molar-refractivity contribution is 6.35. The number of hydrogen-bond acceptors (Lipinski definition) is 4. The third-order valence-corrected chi connectivity index (χ3v) is 7.49. The van der Waals surface area contributed by atoms with Crippen molar-refractivity contribution in [2.75, 3.05) is 26.3 Å². The maximum atomic E-state index is 14.4. The van der Waals surface area contributed by atoms with E-state index >= 15 is 0 Å². The Labute approximate surface area is 256 Å². The molecule has 0 radical (unpaired) electrons. The fourth-order valence-corrected chi connectivity index (χ4v) is 5.30. The van der Waals surface area contributed by atoms with Gasteiger partial charge in [-0.3, -0.25) is 9.59 Å². The zero-order valence-electron chi connectivity index (χ0n) is 23.4. The average Bonchev–Trinajstić information content (AvgIpc) is 2.99. The molecule has 4 amide bonds. The van der Waals surface area contributed by atoms with Crippen LogP contribution in [0.3, 0.4) is 0 Å². The van der Waals surface area contributed by atoms with E-state index in [1.54, 1.807) is 23.1 Å². The minimum Gasteiger partial charge on any atom is -0.336 e. The van der Waals surface area contributed by atoms with E-state index in [0.29, 0.717) is 35.1 Å². The zero-order chi connectivity index (χ0) is 30.1. The number of benzene rings is 3. The van der Waals surface area contributed by atoms with Crippen molar-refractivity contribution in [2.45, 2.75) is 32.5 Å². The van der Waals surface area contributed by atoms with Gasteiger partial charge in [0.1, 0.15) is 12.7 Å². The molecule has 1 fully saturated rings. The molecule has 0 spiro atoms. The molecule has 0 bridgehead atoms. The molecule has 1 heterocycles. The lowest BCUT2D eigenvalue weighted by Crippen LogP contribution is -2.64. The highest BCUT2D eigenvalue weighted by Crippen LogP contribution is 2.29. The van der Waals surface area contributed by atoms with E-state index in [2.05, 4.69) is 11.2 Å². The van der Waals surface area contributed by atoms with Gasteiger partial charge in [-0.25, -0.2) is 9.80 Å². The van der Waals surface area contributed by atoms with Crippen LogP contribution in [-0.2, 0) is 22.7 Å². The average molecular weight is 607 g/mol. The highest BCUT2D eigenvalue weighted by atomic mass is 35.5. The Balaban J connectivity index is 1.65. The van der Waals surface area contributed by atoms with Crippen LogP contribution in [0.25, 0.3) is 0 Å². The number of hydrazine groups is 1. The second kappa shape index (κ2) is 14.7. The molecule has 1 aliphatic rings. The Morgan fingerprint density at radius 2 is 1.74 bits per heavy atom. The molecule has 8 nitrogen and oxygen atoms in total. The Hall–Kier alpha value is -4.03. The van der Waals surface area contributed by atoms with Gasteiger partial charge in [-0.05, 0) is 35.2 Å². The van der Waals surface area contributed by atoms with Crippen molar-refractivity contribution in [3.05, 3.63) is 106 Å². The number of carbonyl (C=O) groups is 3. The molecule has 0 unspecified atom stereocenters. The van der Waals surface area contributed by atoms with Crippen molar-refractivity contribution in [1.82, 2.24) is 25.1 Å². The van der Waals surface area contributed by atoms with Gasteiger partial charge in [0.25, 0.3) is 0 Å². The van der Waals surface area contributed by atoms with E-state index in [1.807, 2.05) is 67.6 Å². The van der Waals surface area contributed by atoms with Crippen molar-refractivity contribution < 1.29 is 14.4 Å². The Morgan fingerprint density at radius 1 is 1.05 bits per heavy atom. The maximum Gasteiger partial charge on any atom is 0.333 e. The number of terminal acetylenes is 1. The fraction of sp³-hybridized carbons (Fsp3) is 0.281. The van der Waals surface area contributed by atoms with E-state index in [-0.39, 0.29) is 38.1 Å². The van der Waals surface area contributed by atoms with Gasteiger partial charge in [0, 0.05) is 29.7 Å². The fourth-order valence-electron chi connectivity index (χ4n) is 4.83. The van der Waals surface area contributed by atoms with Gasteiger partial charge < -0.3 is 15.1 Å². The molecule has 1 atom stereocenters. The number of urea groups is 1. The summed E-state index contributed by atoms with van der Waals surface area (Å²) in [6, 6.07) is 22.4. The molecular weight excluding hydrogens is 573 g/mol. The molecular formula is C32H33Cl2N5O3. The number of carbonyl (C=O) groups excluding carboxylic acids is 3. The van der Waals surface area contributed by atoms with Crippen molar-refractivity contribution >= 4 is 41.0 Å². The van der Waals surface area contributed by atoms with Gasteiger partial charge in [0.2, 0.25) is 11.8 Å². The molecule has 42 heavy (non-hydrogen) atoms. The van der Waals surface area contributed by atoms with Crippen LogP contribution in [0.2, 0.25) is 10.0 Å². The number of nitrogens with one attached hydrogen (secondary N) is 1. The van der Waals surface area contributed by atoms with Gasteiger partial charge in [-0.2, -0.15) is 5.01 Å². The lowest BCUT2D eigenvalue weighted by atomic mass is 10.0. The van der Waals surface area contributed by atoms with Crippen LogP contribution in [0, 0.1) is 12.3 Å². The second-order valence-electron chi connectivity index (χ2n) is 9.88. The largest absolute Gasteiger partial charge is 0.336 e. The lowest BCUT2D eigenvalue weighted by Gasteiger charge is -2.45.